The molecule has 1 unspecified atom stereocenters. The van der Waals surface area contributed by atoms with Crippen molar-refractivity contribution >= 4 is 28.5 Å². The summed E-state index contributed by atoms with van der Waals surface area (Å²) in [5.74, 6) is 0.560. The van der Waals surface area contributed by atoms with Crippen LogP contribution in [0.3, 0.4) is 0 Å². The van der Waals surface area contributed by atoms with E-state index in [9.17, 15) is 4.79 Å². The zero-order valence-corrected chi connectivity index (χ0v) is 12.3. The van der Waals surface area contributed by atoms with Crippen LogP contribution in [0.15, 0.2) is 22.8 Å². The van der Waals surface area contributed by atoms with Crippen LogP contribution in [0.5, 0.6) is 0 Å². The summed E-state index contributed by atoms with van der Waals surface area (Å²) in [6.45, 7) is 3.27. The number of hydrogen-bond donors (Lipinski definition) is 1. The summed E-state index contributed by atoms with van der Waals surface area (Å²) in [6.07, 6.45) is 3.85. The van der Waals surface area contributed by atoms with E-state index in [1.165, 1.54) is 13.0 Å². The van der Waals surface area contributed by atoms with Gasteiger partial charge in [0.1, 0.15) is 5.69 Å². The van der Waals surface area contributed by atoms with Crippen LogP contribution in [-0.2, 0) is 0 Å². The molecule has 0 aliphatic carbocycles. The van der Waals surface area contributed by atoms with Gasteiger partial charge in [-0.05, 0) is 37.4 Å². The molecule has 1 amide bonds. The molecule has 110 valence electrons. The molecule has 5 nitrogen and oxygen atoms in total. The molecular weight excluding hydrogens is 290 g/mol. The Morgan fingerprint density at radius 2 is 2.38 bits per heavy atom. The minimum absolute atomic E-state index is 0.160. The standard InChI is InChI=1S/C15H16ClN3O2/c16-14-13-10(2-4-21-13)6-12(18-14)15(20)17-11-5-9-1-3-19(7-9)8-11/h2,4,6,9,11H,1,3,5,7-8H2,(H,17,20)/t9-,11+/m0/s1. The minimum Gasteiger partial charge on any atom is -0.461 e. The lowest BCUT2D eigenvalue weighted by molar-refractivity contribution is 0.0904. The van der Waals surface area contributed by atoms with Crippen LogP contribution >= 0.6 is 11.6 Å². The molecule has 2 aliphatic heterocycles. The number of hydrogen-bond acceptors (Lipinski definition) is 4. The smallest absolute Gasteiger partial charge is 0.270 e. The maximum atomic E-state index is 12.4. The van der Waals surface area contributed by atoms with Gasteiger partial charge in [0, 0.05) is 24.5 Å². The molecule has 3 atom stereocenters. The van der Waals surface area contributed by atoms with Gasteiger partial charge < -0.3 is 14.6 Å². The van der Waals surface area contributed by atoms with Crippen LogP contribution in [0.2, 0.25) is 5.15 Å². The second-order valence-electron chi connectivity index (χ2n) is 5.96. The van der Waals surface area contributed by atoms with E-state index in [0.717, 1.165) is 30.8 Å². The zero-order chi connectivity index (χ0) is 14.4. The number of furan rings is 1. The Hall–Kier alpha value is -1.59. The largest absolute Gasteiger partial charge is 0.461 e. The number of aromatic nitrogens is 1. The molecule has 2 aromatic heterocycles. The number of nitrogens with zero attached hydrogens (tertiary/aromatic N) is 2. The van der Waals surface area contributed by atoms with Crippen LogP contribution in [0.25, 0.3) is 11.0 Å². The number of carbonyl (C=O) groups excluding carboxylic acids is 1. The molecule has 6 heteroatoms. The van der Waals surface area contributed by atoms with E-state index in [1.807, 2.05) is 0 Å². The maximum absolute atomic E-state index is 12.4. The number of halogens is 1. The fourth-order valence-corrected chi connectivity index (χ4v) is 3.72. The molecule has 2 bridgehead atoms. The molecule has 2 fully saturated rings. The van der Waals surface area contributed by atoms with Crippen molar-refractivity contribution in [3.8, 4) is 0 Å². The van der Waals surface area contributed by atoms with E-state index in [4.69, 9.17) is 16.0 Å². The van der Waals surface area contributed by atoms with Crippen molar-refractivity contribution < 1.29 is 9.21 Å². The Bertz CT molecular complexity index is 687. The number of pyridine rings is 1. The van der Waals surface area contributed by atoms with Gasteiger partial charge in [0.2, 0.25) is 0 Å². The van der Waals surface area contributed by atoms with E-state index >= 15 is 0 Å². The Labute approximate surface area is 127 Å². The van der Waals surface area contributed by atoms with Crippen molar-refractivity contribution in [2.45, 2.75) is 18.9 Å². The number of piperidine rings is 1. The Morgan fingerprint density at radius 1 is 1.48 bits per heavy atom. The van der Waals surface area contributed by atoms with Gasteiger partial charge in [-0.15, -0.1) is 0 Å². The first-order valence-electron chi connectivity index (χ1n) is 7.26. The third-order valence-electron chi connectivity index (χ3n) is 4.43. The summed E-state index contributed by atoms with van der Waals surface area (Å²) in [7, 11) is 0. The Kier molecular flexibility index (Phi) is 3.12. The van der Waals surface area contributed by atoms with E-state index in [-0.39, 0.29) is 17.1 Å². The number of nitrogens with one attached hydrogen (secondary N) is 1. The van der Waals surface area contributed by atoms with Crippen molar-refractivity contribution in [2.24, 2.45) is 5.92 Å². The third-order valence-corrected chi connectivity index (χ3v) is 4.68. The van der Waals surface area contributed by atoms with Gasteiger partial charge in [-0.3, -0.25) is 4.79 Å². The highest BCUT2D eigenvalue weighted by molar-refractivity contribution is 6.33. The summed E-state index contributed by atoms with van der Waals surface area (Å²) < 4.78 is 5.24. The summed E-state index contributed by atoms with van der Waals surface area (Å²) in [5.41, 5.74) is 0.872. The lowest BCUT2D eigenvalue weighted by Gasteiger charge is -2.30. The van der Waals surface area contributed by atoms with Crippen LogP contribution in [0.1, 0.15) is 23.3 Å². The summed E-state index contributed by atoms with van der Waals surface area (Å²) >= 11 is 6.05. The molecule has 2 saturated heterocycles. The number of carbonyl (C=O) groups is 1. The monoisotopic (exact) mass is 305 g/mol. The first-order chi connectivity index (χ1) is 10.2. The van der Waals surface area contributed by atoms with Gasteiger partial charge in [-0.25, -0.2) is 4.98 Å². The van der Waals surface area contributed by atoms with E-state index in [1.54, 1.807) is 18.4 Å². The predicted molar refractivity (Wildman–Crippen MR) is 79.4 cm³/mol. The van der Waals surface area contributed by atoms with Gasteiger partial charge in [0.05, 0.1) is 6.26 Å². The fraction of sp³-hybridized carbons (Fsp3) is 0.467. The Balaban J connectivity index is 1.53. The van der Waals surface area contributed by atoms with Crippen LogP contribution in [0, 0.1) is 5.92 Å². The average molecular weight is 306 g/mol. The molecule has 4 heterocycles. The average Bonchev–Trinajstić information content (AvgIpc) is 3.05. The van der Waals surface area contributed by atoms with Gasteiger partial charge >= 0.3 is 0 Å². The van der Waals surface area contributed by atoms with Crippen LogP contribution in [0.4, 0.5) is 0 Å². The van der Waals surface area contributed by atoms with Crippen molar-refractivity contribution in [1.29, 1.82) is 0 Å². The molecule has 2 aromatic rings. The normalized spacial score (nSPS) is 28.0. The predicted octanol–water partition coefficient (Wildman–Crippen LogP) is 2.31. The molecular formula is C15H16ClN3O2. The number of rotatable bonds is 2. The molecule has 2 aliphatic rings. The van der Waals surface area contributed by atoms with Crippen molar-refractivity contribution in [3.05, 3.63) is 29.2 Å². The molecule has 1 N–H and O–H groups in total. The molecule has 0 radical (unpaired) electrons. The zero-order valence-electron chi connectivity index (χ0n) is 11.5. The van der Waals surface area contributed by atoms with Gasteiger partial charge in [-0.1, -0.05) is 11.6 Å². The highest BCUT2D eigenvalue weighted by Gasteiger charge is 2.33. The first kappa shape index (κ1) is 13.1. The molecule has 0 saturated carbocycles. The number of amides is 1. The topological polar surface area (TPSA) is 58.4 Å². The lowest BCUT2D eigenvalue weighted by atomic mass is 9.97. The summed E-state index contributed by atoms with van der Waals surface area (Å²) in [4.78, 5) is 18.9. The van der Waals surface area contributed by atoms with Gasteiger partial charge in [-0.2, -0.15) is 0 Å². The maximum Gasteiger partial charge on any atom is 0.270 e. The van der Waals surface area contributed by atoms with Crippen molar-refractivity contribution in [2.75, 3.05) is 19.6 Å². The van der Waals surface area contributed by atoms with E-state index < -0.39 is 0 Å². The summed E-state index contributed by atoms with van der Waals surface area (Å²) in [5, 5.41) is 4.12. The van der Waals surface area contributed by atoms with Crippen LogP contribution in [-0.4, -0.2) is 41.5 Å². The fourth-order valence-electron chi connectivity index (χ4n) is 3.48. The third kappa shape index (κ3) is 2.40. The molecule has 4 rings (SSSR count). The van der Waals surface area contributed by atoms with Crippen molar-refractivity contribution in [1.82, 2.24) is 15.2 Å². The van der Waals surface area contributed by atoms with Gasteiger partial charge in [0.25, 0.3) is 5.91 Å². The molecule has 0 aromatic carbocycles. The number of fused-ring (bicyclic) bond motifs is 3. The van der Waals surface area contributed by atoms with Gasteiger partial charge in [0.15, 0.2) is 10.7 Å². The highest BCUT2D eigenvalue weighted by atomic mass is 35.5. The quantitative estimate of drug-likeness (QED) is 0.865. The van der Waals surface area contributed by atoms with E-state index in [2.05, 4.69) is 15.2 Å². The Morgan fingerprint density at radius 3 is 3.24 bits per heavy atom. The lowest BCUT2D eigenvalue weighted by Crippen LogP contribution is -2.47. The van der Waals surface area contributed by atoms with Crippen LogP contribution < -0.4 is 5.32 Å². The second-order valence-corrected chi connectivity index (χ2v) is 6.32. The minimum atomic E-state index is -0.160. The van der Waals surface area contributed by atoms with Crippen molar-refractivity contribution in [3.63, 3.8) is 0 Å². The van der Waals surface area contributed by atoms with E-state index in [0.29, 0.717) is 11.3 Å². The summed E-state index contributed by atoms with van der Waals surface area (Å²) in [6, 6.07) is 3.71. The highest BCUT2D eigenvalue weighted by Crippen LogP contribution is 2.27. The molecule has 21 heavy (non-hydrogen) atoms. The first-order valence-corrected chi connectivity index (χ1v) is 7.64. The SMILES string of the molecule is O=C(N[C@@H]1C[C@@H]2CCN(C2)C1)c1cc2ccoc2c(Cl)n1. The second kappa shape index (κ2) is 5.00. The molecule has 0 spiro atoms.